The summed E-state index contributed by atoms with van der Waals surface area (Å²) in [5.74, 6) is 2.26. The average molecular weight is 616 g/mol. The van der Waals surface area contributed by atoms with Crippen molar-refractivity contribution in [1.82, 2.24) is 15.0 Å². The van der Waals surface area contributed by atoms with Crippen LogP contribution in [0.4, 0.5) is 4.39 Å². The fourth-order valence-corrected chi connectivity index (χ4v) is 5.15. The molecule has 45 heavy (non-hydrogen) atoms. The number of rotatable bonds is 17. The second-order valence-corrected chi connectivity index (χ2v) is 11.6. The number of hydrogen-bond donors (Lipinski definition) is 2. The van der Waals surface area contributed by atoms with Gasteiger partial charge in [0, 0.05) is 17.7 Å². The molecule has 2 N–H and O–H groups in total. The van der Waals surface area contributed by atoms with E-state index in [1.165, 1.54) is 12.1 Å². The summed E-state index contributed by atoms with van der Waals surface area (Å²) in [4.78, 5) is 13.9. The number of benzene rings is 3. The SMILES string of the molecule is CCCCC(CC)COc1ccc(-c2nc(-c3ccc(F)cc3)nc(-c3ccc(OCC(CC)CCCC)cc3O)n2)c(O)c1. The average Bonchev–Trinajstić information content (AvgIpc) is 3.05. The van der Waals surface area contributed by atoms with Crippen molar-refractivity contribution in [1.29, 1.82) is 0 Å². The Morgan fingerprint density at radius 1 is 0.622 bits per heavy atom. The van der Waals surface area contributed by atoms with E-state index >= 15 is 0 Å². The zero-order chi connectivity index (χ0) is 32.2. The van der Waals surface area contributed by atoms with Crippen LogP contribution in [-0.4, -0.2) is 38.4 Å². The summed E-state index contributed by atoms with van der Waals surface area (Å²) in [6, 6.07) is 16.0. The first-order valence-electron chi connectivity index (χ1n) is 16.3. The van der Waals surface area contributed by atoms with E-state index in [0.29, 0.717) is 53.2 Å². The van der Waals surface area contributed by atoms with Crippen molar-refractivity contribution in [2.45, 2.75) is 79.1 Å². The molecule has 0 spiro atoms. The third-order valence-electron chi connectivity index (χ3n) is 8.22. The fraction of sp³-hybridized carbons (Fsp3) is 0.432. The molecule has 240 valence electrons. The van der Waals surface area contributed by atoms with E-state index in [9.17, 15) is 14.6 Å². The van der Waals surface area contributed by atoms with Gasteiger partial charge in [-0.3, -0.25) is 0 Å². The van der Waals surface area contributed by atoms with Crippen molar-refractivity contribution in [2.75, 3.05) is 13.2 Å². The Morgan fingerprint density at radius 3 is 1.47 bits per heavy atom. The van der Waals surface area contributed by atoms with Gasteiger partial charge in [-0.25, -0.2) is 19.3 Å². The molecule has 0 fully saturated rings. The molecule has 1 heterocycles. The number of phenols is 2. The molecule has 0 saturated carbocycles. The zero-order valence-corrected chi connectivity index (χ0v) is 26.9. The monoisotopic (exact) mass is 615 g/mol. The van der Waals surface area contributed by atoms with Crippen LogP contribution in [0.1, 0.15) is 79.1 Å². The van der Waals surface area contributed by atoms with Crippen LogP contribution >= 0.6 is 0 Å². The Balaban J connectivity index is 1.64. The van der Waals surface area contributed by atoms with Gasteiger partial charge in [-0.05, 0) is 73.2 Å². The molecule has 0 amide bonds. The summed E-state index contributed by atoms with van der Waals surface area (Å²) in [6.45, 7) is 9.85. The first kappa shape index (κ1) is 33.7. The van der Waals surface area contributed by atoms with Gasteiger partial charge in [-0.2, -0.15) is 0 Å². The summed E-state index contributed by atoms with van der Waals surface area (Å²) < 4.78 is 25.8. The van der Waals surface area contributed by atoms with Crippen LogP contribution in [-0.2, 0) is 0 Å². The number of unbranched alkanes of at least 4 members (excludes halogenated alkanes) is 2. The van der Waals surface area contributed by atoms with Crippen molar-refractivity contribution < 1.29 is 24.1 Å². The van der Waals surface area contributed by atoms with E-state index in [1.807, 2.05) is 0 Å². The van der Waals surface area contributed by atoms with Gasteiger partial charge in [-0.15, -0.1) is 0 Å². The number of aromatic nitrogens is 3. The summed E-state index contributed by atoms with van der Waals surface area (Å²) in [5, 5.41) is 22.1. The Hall–Kier alpha value is -4.20. The van der Waals surface area contributed by atoms with Gasteiger partial charge in [0.1, 0.15) is 28.8 Å². The molecule has 7 nitrogen and oxygen atoms in total. The smallest absolute Gasteiger partial charge is 0.167 e. The van der Waals surface area contributed by atoms with Gasteiger partial charge < -0.3 is 19.7 Å². The lowest BCUT2D eigenvalue weighted by Crippen LogP contribution is -2.11. The maximum atomic E-state index is 13.7. The van der Waals surface area contributed by atoms with E-state index in [2.05, 4.69) is 42.6 Å². The Labute approximate surface area is 266 Å². The second-order valence-electron chi connectivity index (χ2n) is 11.6. The molecule has 0 saturated heterocycles. The maximum Gasteiger partial charge on any atom is 0.167 e. The highest BCUT2D eigenvalue weighted by molar-refractivity contribution is 5.72. The number of hydrogen-bond acceptors (Lipinski definition) is 7. The molecule has 8 heteroatoms. The molecule has 2 atom stereocenters. The number of ether oxygens (including phenoxy) is 2. The summed E-state index contributed by atoms with van der Waals surface area (Å²) in [6.07, 6.45) is 8.89. The highest BCUT2D eigenvalue weighted by Crippen LogP contribution is 2.36. The molecule has 0 bridgehead atoms. The summed E-state index contributed by atoms with van der Waals surface area (Å²) >= 11 is 0. The van der Waals surface area contributed by atoms with E-state index in [4.69, 9.17) is 9.47 Å². The molecule has 2 unspecified atom stereocenters. The molecule has 0 aliphatic heterocycles. The topological polar surface area (TPSA) is 97.6 Å². The molecule has 1 aromatic heterocycles. The first-order chi connectivity index (χ1) is 21.8. The Bertz CT molecular complexity index is 1420. The molecule has 4 aromatic rings. The predicted molar refractivity (Wildman–Crippen MR) is 177 cm³/mol. The van der Waals surface area contributed by atoms with Gasteiger partial charge in [0.25, 0.3) is 0 Å². The highest BCUT2D eigenvalue weighted by atomic mass is 19.1. The van der Waals surface area contributed by atoms with Gasteiger partial charge in [0.05, 0.1) is 24.3 Å². The van der Waals surface area contributed by atoms with Gasteiger partial charge in [-0.1, -0.05) is 66.2 Å². The highest BCUT2D eigenvalue weighted by Gasteiger charge is 2.18. The van der Waals surface area contributed by atoms with Gasteiger partial charge >= 0.3 is 0 Å². The molecule has 3 aromatic carbocycles. The number of aromatic hydroxyl groups is 2. The minimum Gasteiger partial charge on any atom is -0.507 e. The van der Waals surface area contributed by atoms with E-state index < -0.39 is 0 Å². The Kier molecular flexibility index (Phi) is 12.5. The number of halogens is 1. The van der Waals surface area contributed by atoms with Crippen molar-refractivity contribution >= 4 is 0 Å². The van der Waals surface area contributed by atoms with Crippen molar-refractivity contribution in [3.05, 3.63) is 66.5 Å². The second kappa shape index (κ2) is 16.8. The lowest BCUT2D eigenvalue weighted by atomic mass is 10.0. The van der Waals surface area contributed by atoms with Crippen LogP contribution in [0.25, 0.3) is 34.2 Å². The van der Waals surface area contributed by atoms with Crippen LogP contribution in [0, 0.1) is 17.7 Å². The zero-order valence-electron chi connectivity index (χ0n) is 26.9. The van der Waals surface area contributed by atoms with Crippen LogP contribution in [0.2, 0.25) is 0 Å². The summed E-state index contributed by atoms with van der Waals surface area (Å²) in [7, 11) is 0. The first-order valence-corrected chi connectivity index (χ1v) is 16.3. The minimum atomic E-state index is -0.380. The van der Waals surface area contributed by atoms with E-state index in [-0.39, 0.29) is 34.8 Å². The third-order valence-corrected chi connectivity index (χ3v) is 8.22. The molecular weight excluding hydrogens is 569 g/mol. The standard InChI is InChI=1S/C37H46FN3O4/c1-5-9-11-25(7-3)23-44-29-17-19-31(33(42)21-29)36-39-35(27-13-15-28(38)16-14-27)40-37(41-36)32-20-18-30(22-34(32)43)45-24-26(8-4)12-10-6-2/h13-22,25-26,42-43H,5-12,23-24H2,1-4H3. The van der Waals surface area contributed by atoms with Crippen LogP contribution in [0.5, 0.6) is 23.0 Å². The quantitative estimate of drug-likeness (QED) is 0.122. The van der Waals surface area contributed by atoms with Crippen LogP contribution in [0.15, 0.2) is 60.7 Å². The molecule has 0 radical (unpaired) electrons. The normalized spacial score (nSPS) is 12.6. The Morgan fingerprint density at radius 2 is 1.07 bits per heavy atom. The van der Waals surface area contributed by atoms with Crippen LogP contribution in [0.3, 0.4) is 0 Å². The van der Waals surface area contributed by atoms with E-state index in [1.54, 1.807) is 48.5 Å². The van der Waals surface area contributed by atoms with E-state index in [0.717, 1.165) is 51.4 Å². The van der Waals surface area contributed by atoms with Gasteiger partial charge in [0.15, 0.2) is 17.5 Å². The summed E-state index contributed by atoms with van der Waals surface area (Å²) in [5.41, 5.74) is 1.32. The van der Waals surface area contributed by atoms with Crippen molar-refractivity contribution in [3.63, 3.8) is 0 Å². The lowest BCUT2D eigenvalue weighted by molar-refractivity contribution is 0.232. The maximum absolute atomic E-state index is 13.7. The largest absolute Gasteiger partial charge is 0.507 e. The molecular formula is C37H46FN3O4. The number of phenolic OH excluding ortho intramolecular Hbond substituents is 2. The van der Waals surface area contributed by atoms with Crippen molar-refractivity contribution in [2.24, 2.45) is 11.8 Å². The predicted octanol–water partition coefficient (Wildman–Crippen LogP) is 9.61. The fourth-order valence-electron chi connectivity index (χ4n) is 5.15. The third kappa shape index (κ3) is 9.40. The van der Waals surface area contributed by atoms with Gasteiger partial charge in [0.2, 0.25) is 0 Å². The minimum absolute atomic E-state index is 0.0437. The van der Waals surface area contributed by atoms with Crippen LogP contribution < -0.4 is 9.47 Å². The molecule has 4 rings (SSSR count). The molecule has 0 aliphatic carbocycles. The number of nitrogens with zero attached hydrogens (tertiary/aromatic N) is 3. The van der Waals surface area contributed by atoms with Crippen molar-refractivity contribution in [3.8, 4) is 57.2 Å². The molecule has 0 aliphatic rings. The lowest BCUT2D eigenvalue weighted by Gasteiger charge is -2.16.